The van der Waals surface area contributed by atoms with Crippen LogP contribution in [0.15, 0.2) is 231 Å². The topological polar surface area (TPSA) is 8.17 Å². The van der Waals surface area contributed by atoms with E-state index < -0.39 is 0 Å². The Hall–Kier alpha value is -7.72. The van der Waals surface area contributed by atoms with Gasteiger partial charge in [0.05, 0.1) is 16.7 Å². The summed E-state index contributed by atoms with van der Waals surface area (Å²) in [6, 6.07) is 84.2. The van der Waals surface area contributed by atoms with Gasteiger partial charge in [-0.15, -0.1) is 11.3 Å². The number of hydrogen-bond acceptors (Lipinski definition) is 2. The Morgan fingerprint density at radius 2 is 0.918 bits per heavy atom. The second-order valence-electron chi connectivity index (χ2n) is 15.7. The van der Waals surface area contributed by atoms with Gasteiger partial charge in [-0.2, -0.15) is 0 Å². The zero-order valence-corrected chi connectivity index (χ0v) is 34.1. The largest absolute Gasteiger partial charge is 0.310 e. The maximum absolute atomic E-state index is 2.46. The molecule has 12 rings (SSSR count). The van der Waals surface area contributed by atoms with Crippen LogP contribution in [0.5, 0.6) is 0 Å². The Kier molecular flexibility index (Phi) is 8.39. The third kappa shape index (κ3) is 6.01. The molecule has 61 heavy (non-hydrogen) atoms. The Morgan fingerprint density at radius 3 is 1.64 bits per heavy atom. The zero-order chi connectivity index (χ0) is 40.3. The van der Waals surface area contributed by atoms with Crippen LogP contribution in [-0.2, 0) is 0 Å². The number of hydrogen-bond donors (Lipinski definition) is 0. The highest BCUT2D eigenvalue weighted by molar-refractivity contribution is 7.26. The van der Waals surface area contributed by atoms with Crippen LogP contribution in [0.25, 0.3) is 91.8 Å². The molecule has 2 aromatic heterocycles. The predicted molar refractivity (Wildman–Crippen MR) is 262 cm³/mol. The van der Waals surface area contributed by atoms with Gasteiger partial charge >= 0.3 is 0 Å². The van der Waals surface area contributed by atoms with Crippen molar-refractivity contribution in [3.63, 3.8) is 0 Å². The summed E-state index contributed by atoms with van der Waals surface area (Å²) in [6.07, 6.45) is 0. The van der Waals surface area contributed by atoms with Gasteiger partial charge in [0.25, 0.3) is 0 Å². The molecule has 0 fully saturated rings. The molecule has 0 atom stereocenters. The van der Waals surface area contributed by atoms with Crippen molar-refractivity contribution in [2.24, 2.45) is 0 Å². The summed E-state index contributed by atoms with van der Waals surface area (Å²) in [5.41, 5.74) is 14.1. The Morgan fingerprint density at radius 1 is 0.344 bits per heavy atom. The molecule has 0 unspecified atom stereocenters. The first kappa shape index (κ1) is 35.2. The highest BCUT2D eigenvalue weighted by Gasteiger charge is 2.21. The number of rotatable bonds is 7. The molecular weight excluding hydrogens is 757 g/mol. The molecule has 0 aliphatic heterocycles. The molecule has 12 aromatic rings. The molecule has 3 heteroatoms. The molecule has 0 N–H and O–H groups in total. The van der Waals surface area contributed by atoms with E-state index in [1.54, 1.807) is 0 Å². The SMILES string of the molecule is c1ccc(-c2cc(-c3ccccc3)cc(N(c3ccc(-c4ccc(-n5c6ccccc6c6ccc7ccccc7c65)cc4)cc3)c3cccc4sc5ccccc5c34)c2)cc1. The predicted octanol–water partition coefficient (Wildman–Crippen LogP) is 16.8. The third-order valence-electron chi connectivity index (χ3n) is 12.2. The van der Waals surface area contributed by atoms with E-state index in [9.17, 15) is 0 Å². The molecule has 286 valence electrons. The first-order valence-corrected chi connectivity index (χ1v) is 21.6. The van der Waals surface area contributed by atoms with E-state index in [0.717, 1.165) is 22.7 Å². The van der Waals surface area contributed by atoms with Gasteiger partial charge in [0.1, 0.15) is 0 Å². The first-order valence-electron chi connectivity index (χ1n) is 20.8. The standard InChI is InChI=1S/C58H38N2S/c1-3-14-39(15-4-1)44-36-45(40-16-5-2-6-17-40)38-48(37-44)59(54-23-13-25-56-57(54)52-21-10-12-24-55(52)61-56)46-31-26-41(27-32-46)42-28-33-47(34-29-42)60-53-22-11-9-20-50(53)51-35-30-43-18-7-8-19-49(43)58(51)60/h1-38H. The summed E-state index contributed by atoms with van der Waals surface area (Å²) in [5.74, 6) is 0. The summed E-state index contributed by atoms with van der Waals surface area (Å²) >= 11 is 1.86. The van der Waals surface area contributed by atoms with E-state index >= 15 is 0 Å². The second kappa shape index (κ2) is 14.5. The molecule has 2 heterocycles. The molecule has 0 aliphatic rings. The van der Waals surface area contributed by atoms with Gasteiger partial charge in [-0.05, 0) is 105 Å². The van der Waals surface area contributed by atoms with Crippen molar-refractivity contribution >= 4 is 81.1 Å². The molecule has 2 nitrogen and oxygen atoms in total. The van der Waals surface area contributed by atoms with Gasteiger partial charge in [-0.1, -0.05) is 164 Å². The minimum absolute atomic E-state index is 1.10. The molecule has 0 spiro atoms. The molecule has 0 saturated carbocycles. The van der Waals surface area contributed by atoms with E-state index in [0.29, 0.717) is 0 Å². The van der Waals surface area contributed by atoms with Crippen LogP contribution < -0.4 is 4.90 Å². The van der Waals surface area contributed by atoms with Crippen LogP contribution in [0, 0.1) is 0 Å². The summed E-state index contributed by atoms with van der Waals surface area (Å²) in [7, 11) is 0. The molecule has 0 bridgehead atoms. The quantitative estimate of drug-likeness (QED) is 0.156. The lowest BCUT2D eigenvalue weighted by Crippen LogP contribution is -2.10. The molecule has 0 aliphatic carbocycles. The van der Waals surface area contributed by atoms with E-state index in [-0.39, 0.29) is 0 Å². The normalized spacial score (nSPS) is 11.6. The number of aromatic nitrogens is 1. The number of thiophene rings is 1. The summed E-state index contributed by atoms with van der Waals surface area (Å²) in [4.78, 5) is 2.46. The van der Waals surface area contributed by atoms with Crippen molar-refractivity contribution in [2.75, 3.05) is 4.90 Å². The Balaban J connectivity index is 1.000. The van der Waals surface area contributed by atoms with Crippen LogP contribution in [0.4, 0.5) is 17.1 Å². The fraction of sp³-hybridized carbons (Fsp3) is 0. The van der Waals surface area contributed by atoms with Crippen LogP contribution in [0.1, 0.15) is 0 Å². The average Bonchev–Trinajstić information content (AvgIpc) is 3.89. The van der Waals surface area contributed by atoms with Crippen LogP contribution in [-0.4, -0.2) is 4.57 Å². The van der Waals surface area contributed by atoms with Gasteiger partial charge < -0.3 is 9.47 Å². The maximum atomic E-state index is 2.46. The monoisotopic (exact) mass is 794 g/mol. The Labute approximate surface area is 358 Å². The summed E-state index contributed by atoms with van der Waals surface area (Å²) in [5, 5.41) is 7.59. The molecule has 0 saturated heterocycles. The number of anilines is 3. The lowest BCUT2D eigenvalue weighted by atomic mass is 9.97. The molecule has 0 amide bonds. The molecular formula is C58H38N2S. The van der Waals surface area contributed by atoms with Gasteiger partial charge in [-0.25, -0.2) is 0 Å². The number of para-hydroxylation sites is 1. The van der Waals surface area contributed by atoms with Crippen LogP contribution >= 0.6 is 11.3 Å². The summed E-state index contributed by atoms with van der Waals surface area (Å²) < 4.78 is 5.00. The van der Waals surface area contributed by atoms with Gasteiger partial charge in [0.2, 0.25) is 0 Å². The van der Waals surface area contributed by atoms with Crippen LogP contribution in [0.3, 0.4) is 0 Å². The van der Waals surface area contributed by atoms with Crippen molar-refractivity contribution in [3.8, 4) is 39.1 Å². The molecule has 0 radical (unpaired) electrons. The fourth-order valence-corrected chi connectivity index (χ4v) is 10.4. The lowest BCUT2D eigenvalue weighted by Gasteiger charge is -2.28. The van der Waals surface area contributed by atoms with Gasteiger partial charge in [-0.3, -0.25) is 0 Å². The highest BCUT2D eigenvalue weighted by atomic mass is 32.1. The number of fused-ring (bicyclic) bond motifs is 8. The summed E-state index contributed by atoms with van der Waals surface area (Å²) in [6.45, 7) is 0. The average molecular weight is 795 g/mol. The van der Waals surface area contributed by atoms with Crippen molar-refractivity contribution in [3.05, 3.63) is 231 Å². The Bertz CT molecular complexity index is 3510. The fourth-order valence-electron chi connectivity index (χ4n) is 9.31. The van der Waals surface area contributed by atoms with E-state index in [1.165, 1.54) is 86.1 Å². The van der Waals surface area contributed by atoms with E-state index in [4.69, 9.17) is 0 Å². The van der Waals surface area contributed by atoms with Gasteiger partial charge in [0, 0.05) is 53.4 Å². The first-order chi connectivity index (χ1) is 30.2. The molecule has 10 aromatic carbocycles. The van der Waals surface area contributed by atoms with Crippen molar-refractivity contribution in [2.45, 2.75) is 0 Å². The van der Waals surface area contributed by atoms with Crippen LogP contribution in [0.2, 0.25) is 0 Å². The van der Waals surface area contributed by atoms with Crippen molar-refractivity contribution < 1.29 is 0 Å². The van der Waals surface area contributed by atoms with E-state index in [1.807, 2.05) is 11.3 Å². The van der Waals surface area contributed by atoms with E-state index in [2.05, 4.69) is 240 Å². The third-order valence-corrected chi connectivity index (χ3v) is 13.3. The van der Waals surface area contributed by atoms with Crippen molar-refractivity contribution in [1.82, 2.24) is 4.57 Å². The number of benzene rings is 10. The lowest BCUT2D eigenvalue weighted by molar-refractivity contribution is 1.19. The second-order valence-corrected chi connectivity index (χ2v) is 16.8. The van der Waals surface area contributed by atoms with Gasteiger partial charge in [0.15, 0.2) is 0 Å². The minimum Gasteiger partial charge on any atom is -0.310 e. The highest BCUT2D eigenvalue weighted by Crippen LogP contribution is 2.47. The maximum Gasteiger partial charge on any atom is 0.0619 e. The zero-order valence-electron chi connectivity index (χ0n) is 33.2. The van der Waals surface area contributed by atoms with Crippen molar-refractivity contribution in [1.29, 1.82) is 0 Å². The minimum atomic E-state index is 1.10. The smallest absolute Gasteiger partial charge is 0.0619 e. The number of nitrogens with zero attached hydrogens (tertiary/aromatic N) is 2.